The number of allylic oxidation sites excluding steroid dienone is 4. The van der Waals surface area contributed by atoms with E-state index in [9.17, 15) is 19.0 Å². The van der Waals surface area contributed by atoms with Gasteiger partial charge in [-0.25, -0.2) is 8.78 Å². The molecule has 28 heavy (non-hydrogen) atoms. The average molecular weight is 395 g/mol. The van der Waals surface area contributed by atoms with Gasteiger partial charge >= 0.3 is 0 Å². The van der Waals surface area contributed by atoms with Gasteiger partial charge in [0.25, 0.3) is 0 Å². The molecule has 3 aliphatic carbocycles. The van der Waals surface area contributed by atoms with Crippen molar-refractivity contribution >= 4 is 0 Å². The van der Waals surface area contributed by atoms with Gasteiger partial charge < -0.3 is 10.2 Å². The predicted octanol–water partition coefficient (Wildman–Crippen LogP) is 5.81. The summed E-state index contributed by atoms with van der Waals surface area (Å²) >= 11 is 0. The summed E-state index contributed by atoms with van der Waals surface area (Å²) in [7, 11) is 0. The van der Waals surface area contributed by atoms with E-state index in [1.807, 2.05) is 19.9 Å². The molecule has 0 aliphatic heterocycles. The van der Waals surface area contributed by atoms with E-state index in [4.69, 9.17) is 0 Å². The first-order chi connectivity index (χ1) is 13.3. The molecule has 2 N–H and O–H groups in total. The van der Waals surface area contributed by atoms with Crippen molar-refractivity contribution in [3.8, 4) is 0 Å². The van der Waals surface area contributed by atoms with Gasteiger partial charge in [-0.3, -0.25) is 0 Å². The Morgan fingerprint density at radius 1 is 1.14 bits per heavy atom. The molecule has 3 aliphatic rings. The number of aliphatic hydroxyl groups is 2. The maximum atomic E-state index is 12.9. The van der Waals surface area contributed by atoms with E-state index in [-0.39, 0.29) is 17.8 Å². The van der Waals surface area contributed by atoms with Crippen LogP contribution in [0.25, 0.3) is 0 Å². The van der Waals surface area contributed by atoms with Crippen LogP contribution in [0.1, 0.15) is 72.1 Å². The molecule has 0 saturated heterocycles. The van der Waals surface area contributed by atoms with Crippen LogP contribution >= 0.6 is 0 Å². The van der Waals surface area contributed by atoms with Crippen molar-refractivity contribution in [1.29, 1.82) is 0 Å². The van der Waals surface area contributed by atoms with E-state index in [1.54, 1.807) is 0 Å². The lowest BCUT2D eigenvalue weighted by Crippen LogP contribution is -2.36. The third-order valence-electron chi connectivity index (χ3n) is 7.82. The summed E-state index contributed by atoms with van der Waals surface area (Å²) in [6.07, 6.45) is 9.37. The molecule has 0 aromatic heterocycles. The van der Waals surface area contributed by atoms with Crippen LogP contribution in [0.3, 0.4) is 0 Å². The van der Waals surface area contributed by atoms with Gasteiger partial charge in [0.15, 0.2) is 0 Å². The Morgan fingerprint density at radius 3 is 2.43 bits per heavy atom. The molecule has 0 bridgehead atoms. The first kappa shape index (κ1) is 21.7. The molecule has 6 atom stereocenters. The Morgan fingerprint density at radius 2 is 1.82 bits per heavy atom. The monoisotopic (exact) mass is 394 g/mol. The van der Waals surface area contributed by atoms with Crippen LogP contribution in [0.5, 0.6) is 0 Å². The lowest BCUT2D eigenvalue weighted by atomic mass is 9.61. The largest absolute Gasteiger partial charge is 0.388 e. The molecule has 3 rings (SSSR count). The van der Waals surface area contributed by atoms with Crippen LogP contribution in [0.4, 0.5) is 8.78 Å². The van der Waals surface area contributed by atoms with Crippen LogP contribution in [0.2, 0.25) is 0 Å². The van der Waals surface area contributed by atoms with Crippen molar-refractivity contribution < 1.29 is 19.0 Å². The number of halogens is 2. The molecule has 3 saturated carbocycles. The summed E-state index contributed by atoms with van der Waals surface area (Å²) in [6, 6.07) is 0. The summed E-state index contributed by atoms with van der Waals surface area (Å²) < 4.78 is 25.9. The van der Waals surface area contributed by atoms with Gasteiger partial charge in [-0.15, -0.1) is 0 Å². The fourth-order valence-corrected chi connectivity index (χ4v) is 6.44. The van der Waals surface area contributed by atoms with E-state index in [0.717, 1.165) is 43.3 Å². The second-order valence-corrected chi connectivity index (χ2v) is 9.49. The molecule has 0 aromatic carbocycles. The van der Waals surface area contributed by atoms with Gasteiger partial charge in [0.2, 0.25) is 6.43 Å². The summed E-state index contributed by atoms with van der Waals surface area (Å²) in [5.74, 6) is 0.918. The van der Waals surface area contributed by atoms with Crippen molar-refractivity contribution in [3.05, 3.63) is 34.9 Å². The topological polar surface area (TPSA) is 40.5 Å². The fourth-order valence-electron chi connectivity index (χ4n) is 6.44. The van der Waals surface area contributed by atoms with Crippen LogP contribution in [-0.2, 0) is 0 Å². The van der Waals surface area contributed by atoms with Crippen LogP contribution < -0.4 is 0 Å². The van der Waals surface area contributed by atoms with Crippen molar-refractivity contribution in [2.75, 3.05) is 0 Å². The Bertz CT molecular complexity index is 635. The average Bonchev–Trinajstić information content (AvgIpc) is 2.96. The second kappa shape index (κ2) is 8.79. The number of alkyl halides is 2. The minimum Gasteiger partial charge on any atom is -0.388 e. The lowest BCUT2D eigenvalue weighted by Gasteiger charge is -2.44. The first-order valence-corrected chi connectivity index (χ1v) is 10.9. The maximum Gasteiger partial charge on any atom is 0.238 e. The predicted molar refractivity (Wildman–Crippen MR) is 109 cm³/mol. The van der Waals surface area contributed by atoms with Crippen molar-refractivity contribution in [2.24, 2.45) is 23.2 Å². The van der Waals surface area contributed by atoms with E-state index < -0.39 is 18.6 Å². The van der Waals surface area contributed by atoms with Gasteiger partial charge in [-0.05, 0) is 80.6 Å². The molecule has 0 heterocycles. The zero-order valence-corrected chi connectivity index (χ0v) is 17.5. The molecule has 0 radical (unpaired) electrons. The summed E-state index contributed by atoms with van der Waals surface area (Å²) in [6.45, 7) is 6.19. The number of fused-ring (bicyclic) bond motifs is 1. The molecule has 0 spiro atoms. The third-order valence-corrected chi connectivity index (χ3v) is 7.82. The molecule has 4 heteroatoms. The molecule has 158 valence electrons. The van der Waals surface area contributed by atoms with Gasteiger partial charge in [0.1, 0.15) is 0 Å². The minimum absolute atomic E-state index is 0.0130. The van der Waals surface area contributed by atoms with Gasteiger partial charge in [0.05, 0.1) is 12.2 Å². The number of hydrogen-bond acceptors (Lipinski definition) is 2. The summed E-state index contributed by atoms with van der Waals surface area (Å²) in [4.78, 5) is 0. The first-order valence-electron chi connectivity index (χ1n) is 10.9. The van der Waals surface area contributed by atoms with Gasteiger partial charge in [0, 0.05) is 6.42 Å². The molecule has 2 nitrogen and oxygen atoms in total. The Balaban J connectivity index is 1.75. The smallest absolute Gasteiger partial charge is 0.238 e. The van der Waals surface area contributed by atoms with E-state index in [0.29, 0.717) is 24.7 Å². The maximum absolute atomic E-state index is 12.9. The Hall–Kier alpha value is -1.00. The summed E-state index contributed by atoms with van der Waals surface area (Å²) in [5, 5.41) is 20.5. The van der Waals surface area contributed by atoms with E-state index in [2.05, 4.69) is 19.1 Å². The molecular formula is C24H36F2O2. The lowest BCUT2D eigenvalue weighted by molar-refractivity contribution is 0.0522. The van der Waals surface area contributed by atoms with E-state index in [1.165, 1.54) is 5.57 Å². The quantitative estimate of drug-likeness (QED) is 0.591. The van der Waals surface area contributed by atoms with Gasteiger partial charge in [-0.2, -0.15) is 0 Å². The molecule has 0 aromatic rings. The van der Waals surface area contributed by atoms with Crippen LogP contribution in [0, 0.1) is 23.2 Å². The zero-order valence-electron chi connectivity index (χ0n) is 17.5. The summed E-state index contributed by atoms with van der Waals surface area (Å²) in [5.41, 5.74) is 3.38. The number of rotatable bonds is 4. The molecule has 3 fully saturated rings. The second-order valence-electron chi connectivity index (χ2n) is 9.49. The van der Waals surface area contributed by atoms with Crippen LogP contribution in [0.15, 0.2) is 34.9 Å². The fraction of sp³-hybridized carbons (Fsp3) is 0.750. The van der Waals surface area contributed by atoms with E-state index >= 15 is 0 Å². The molecule has 0 amide bonds. The highest BCUT2D eigenvalue weighted by Crippen LogP contribution is 2.59. The SMILES string of the molecule is CC=C1[C@H](O)CC(=C/C=C2\CCC[C@@]3(C)C2CCC3[C@@H](C)CC(F)F)C[C@H]1O. The highest BCUT2D eigenvalue weighted by atomic mass is 19.3. The normalized spacial score (nSPS) is 38.6. The third kappa shape index (κ3) is 4.28. The zero-order chi connectivity index (χ0) is 20.5. The molecule has 2 unspecified atom stereocenters. The Labute approximate surface area is 168 Å². The van der Waals surface area contributed by atoms with Crippen LogP contribution in [-0.4, -0.2) is 28.8 Å². The number of hydrogen-bond donors (Lipinski definition) is 2. The highest BCUT2D eigenvalue weighted by molar-refractivity contribution is 5.30. The highest BCUT2D eigenvalue weighted by Gasteiger charge is 2.50. The van der Waals surface area contributed by atoms with Crippen molar-refractivity contribution in [3.63, 3.8) is 0 Å². The Kier molecular flexibility index (Phi) is 6.81. The van der Waals surface area contributed by atoms with Crippen molar-refractivity contribution in [2.45, 2.75) is 90.8 Å². The minimum atomic E-state index is -2.22. The van der Waals surface area contributed by atoms with Crippen molar-refractivity contribution in [1.82, 2.24) is 0 Å². The number of aliphatic hydroxyl groups excluding tert-OH is 2. The molecular weight excluding hydrogens is 358 g/mol. The van der Waals surface area contributed by atoms with Gasteiger partial charge in [-0.1, -0.05) is 43.2 Å². The standard InChI is InChI=1S/C24H36F2O2/c1-4-18-21(27)13-16(14-22(18)28)7-8-17-6-5-11-24(3)19(9-10-20(17)24)15(2)12-23(25)26/h4,7-8,15,19-23,27-28H,5-6,9-14H2,1-3H3/b16-7?,17-8+,18-4?/t15-,19?,20?,21+,22+,24+/m0/s1.